The number of rotatable bonds is 3. The number of hydrogen-bond acceptors (Lipinski definition) is 3. The highest BCUT2D eigenvalue weighted by Crippen LogP contribution is 2.23. The molecule has 0 bridgehead atoms. The van der Waals surface area contributed by atoms with E-state index in [9.17, 15) is 4.79 Å². The lowest BCUT2D eigenvalue weighted by molar-refractivity contribution is 0.0797. The summed E-state index contributed by atoms with van der Waals surface area (Å²) in [6, 6.07) is 9.90. The Labute approximate surface area is 105 Å². The molecule has 1 aromatic carbocycles. The molecule has 0 saturated heterocycles. The lowest BCUT2D eigenvalue weighted by atomic mass is 10.2. The Balaban J connectivity index is 2.25. The van der Waals surface area contributed by atoms with Gasteiger partial charge in [-0.15, -0.1) is 11.3 Å². The quantitative estimate of drug-likeness (QED) is 0.834. The third-order valence-electron chi connectivity index (χ3n) is 2.57. The number of thiazole rings is 1. The van der Waals surface area contributed by atoms with E-state index < -0.39 is 0 Å². The third kappa shape index (κ3) is 2.53. The molecule has 0 fully saturated rings. The predicted octanol–water partition coefficient (Wildman–Crippen LogP) is 2.90. The molecular weight excluding hydrogens is 232 g/mol. The number of benzene rings is 1. The van der Waals surface area contributed by atoms with E-state index in [1.807, 2.05) is 42.6 Å². The second-order valence-electron chi connectivity index (χ2n) is 3.72. The van der Waals surface area contributed by atoms with Gasteiger partial charge in [0.25, 0.3) is 5.91 Å². The van der Waals surface area contributed by atoms with Gasteiger partial charge in [-0.2, -0.15) is 0 Å². The summed E-state index contributed by atoms with van der Waals surface area (Å²) in [5.41, 5.74) is 1.58. The topological polar surface area (TPSA) is 33.2 Å². The summed E-state index contributed by atoms with van der Waals surface area (Å²) in [5, 5.41) is 2.70. The van der Waals surface area contributed by atoms with E-state index in [1.165, 1.54) is 11.3 Å². The minimum Gasteiger partial charge on any atom is -0.341 e. The first-order valence-electron chi connectivity index (χ1n) is 5.48. The molecule has 3 nitrogen and oxygen atoms in total. The summed E-state index contributed by atoms with van der Waals surface area (Å²) in [7, 11) is 1.78. The summed E-state index contributed by atoms with van der Waals surface area (Å²) in [6.45, 7) is 2.64. The molecule has 88 valence electrons. The van der Waals surface area contributed by atoms with E-state index >= 15 is 0 Å². The molecule has 0 unspecified atom stereocenters. The summed E-state index contributed by atoms with van der Waals surface area (Å²) in [4.78, 5) is 17.9. The Morgan fingerprint density at radius 3 is 2.71 bits per heavy atom. The molecule has 0 aliphatic carbocycles. The Morgan fingerprint density at radius 1 is 1.35 bits per heavy atom. The van der Waals surface area contributed by atoms with Crippen molar-refractivity contribution in [3.63, 3.8) is 0 Å². The lowest BCUT2D eigenvalue weighted by Crippen LogP contribution is -2.26. The molecule has 1 aromatic heterocycles. The summed E-state index contributed by atoms with van der Waals surface area (Å²) in [6.07, 6.45) is 0. The van der Waals surface area contributed by atoms with Gasteiger partial charge in [0.05, 0.1) is 0 Å². The van der Waals surface area contributed by atoms with Gasteiger partial charge in [0, 0.05) is 24.5 Å². The molecule has 0 N–H and O–H groups in total. The average molecular weight is 246 g/mol. The van der Waals surface area contributed by atoms with E-state index in [2.05, 4.69) is 4.98 Å². The lowest BCUT2D eigenvalue weighted by Gasteiger charge is -2.11. The van der Waals surface area contributed by atoms with Gasteiger partial charge in [-0.25, -0.2) is 4.98 Å². The highest BCUT2D eigenvalue weighted by atomic mass is 32.1. The van der Waals surface area contributed by atoms with Crippen LogP contribution in [0.15, 0.2) is 35.7 Å². The van der Waals surface area contributed by atoms with Crippen molar-refractivity contribution in [2.45, 2.75) is 6.92 Å². The number of nitrogens with zero attached hydrogens (tertiary/aromatic N) is 2. The fourth-order valence-electron chi connectivity index (χ4n) is 1.42. The van der Waals surface area contributed by atoms with Gasteiger partial charge in [0.2, 0.25) is 0 Å². The van der Waals surface area contributed by atoms with Crippen LogP contribution in [0.25, 0.3) is 10.6 Å². The molecule has 2 aromatic rings. The zero-order valence-electron chi connectivity index (χ0n) is 9.88. The van der Waals surface area contributed by atoms with Crippen LogP contribution >= 0.6 is 11.3 Å². The van der Waals surface area contributed by atoms with Crippen molar-refractivity contribution >= 4 is 17.2 Å². The maximum absolute atomic E-state index is 11.9. The van der Waals surface area contributed by atoms with E-state index in [0.717, 1.165) is 10.6 Å². The van der Waals surface area contributed by atoms with Crippen molar-refractivity contribution < 1.29 is 4.79 Å². The Morgan fingerprint density at radius 2 is 2.06 bits per heavy atom. The Kier molecular flexibility index (Phi) is 3.54. The average Bonchev–Trinajstić information content (AvgIpc) is 2.87. The smallest absolute Gasteiger partial charge is 0.273 e. The molecule has 0 saturated carbocycles. The molecule has 2 rings (SSSR count). The number of carbonyl (C=O) groups excluding carboxylic acids is 1. The third-order valence-corrected chi connectivity index (χ3v) is 3.46. The first-order chi connectivity index (χ1) is 8.22. The van der Waals surface area contributed by atoms with Gasteiger partial charge >= 0.3 is 0 Å². The van der Waals surface area contributed by atoms with Crippen LogP contribution in [0.1, 0.15) is 17.4 Å². The van der Waals surface area contributed by atoms with Gasteiger partial charge in [0.1, 0.15) is 10.7 Å². The molecule has 0 aliphatic rings. The van der Waals surface area contributed by atoms with E-state index in [1.54, 1.807) is 11.9 Å². The standard InChI is InChI=1S/C13H14N2OS/c1-3-15(2)13(16)11-9-17-12(14-11)10-7-5-4-6-8-10/h4-9H,3H2,1-2H3. The van der Waals surface area contributed by atoms with Crippen LogP contribution in [-0.2, 0) is 0 Å². The summed E-state index contributed by atoms with van der Waals surface area (Å²) < 4.78 is 0. The molecule has 0 aliphatic heterocycles. The second kappa shape index (κ2) is 5.10. The first kappa shape index (κ1) is 11.8. The molecule has 1 heterocycles. The van der Waals surface area contributed by atoms with Gasteiger partial charge in [-0.3, -0.25) is 4.79 Å². The van der Waals surface area contributed by atoms with Crippen LogP contribution in [0.5, 0.6) is 0 Å². The van der Waals surface area contributed by atoms with Crippen LogP contribution < -0.4 is 0 Å². The number of amides is 1. The first-order valence-corrected chi connectivity index (χ1v) is 6.36. The van der Waals surface area contributed by atoms with Crippen molar-refractivity contribution in [2.24, 2.45) is 0 Å². The molecule has 0 spiro atoms. The van der Waals surface area contributed by atoms with Gasteiger partial charge in [0.15, 0.2) is 0 Å². The Hall–Kier alpha value is -1.68. The van der Waals surface area contributed by atoms with Crippen molar-refractivity contribution in [3.05, 3.63) is 41.4 Å². The number of aromatic nitrogens is 1. The van der Waals surface area contributed by atoms with Crippen molar-refractivity contribution in [1.29, 1.82) is 0 Å². The fraction of sp³-hybridized carbons (Fsp3) is 0.231. The molecule has 17 heavy (non-hydrogen) atoms. The zero-order chi connectivity index (χ0) is 12.3. The molecule has 1 amide bonds. The maximum Gasteiger partial charge on any atom is 0.273 e. The Bertz CT molecular complexity index is 507. The van der Waals surface area contributed by atoms with Gasteiger partial charge in [-0.05, 0) is 6.92 Å². The normalized spacial score (nSPS) is 10.2. The predicted molar refractivity (Wildman–Crippen MR) is 70.2 cm³/mol. The van der Waals surface area contributed by atoms with Gasteiger partial charge in [-0.1, -0.05) is 30.3 Å². The second-order valence-corrected chi connectivity index (χ2v) is 4.58. The number of hydrogen-bond donors (Lipinski definition) is 0. The van der Waals surface area contributed by atoms with Crippen molar-refractivity contribution in [1.82, 2.24) is 9.88 Å². The fourth-order valence-corrected chi connectivity index (χ4v) is 2.22. The molecule has 0 radical (unpaired) electrons. The van der Waals surface area contributed by atoms with Gasteiger partial charge < -0.3 is 4.90 Å². The monoisotopic (exact) mass is 246 g/mol. The van der Waals surface area contributed by atoms with Crippen LogP contribution in [0.4, 0.5) is 0 Å². The molecular formula is C13H14N2OS. The van der Waals surface area contributed by atoms with Crippen molar-refractivity contribution in [2.75, 3.05) is 13.6 Å². The largest absolute Gasteiger partial charge is 0.341 e. The summed E-state index contributed by atoms with van der Waals surface area (Å²) in [5.74, 6) is -0.0223. The van der Waals surface area contributed by atoms with Crippen molar-refractivity contribution in [3.8, 4) is 10.6 Å². The van der Waals surface area contributed by atoms with Crippen LogP contribution in [0.2, 0.25) is 0 Å². The van der Waals surface area contributed by atoms with Crippen LogP contribution in [-0.4, -0.2) is 29.4 Å². The molecule has 0 atom stereocenters. The van der Waals surface area contributed by atoms with Crippen LogP contribution in [0.3, 0.4) is 0 Å². The zero-order valence-corrected chi connectivity index (χ0v) is 10.7. The maximum atomic E-state index is 11.9. The van der Waals surface area contributed by atoms with E-state index in [4.69, 9.17) is 0 Å². The van der Waals surface area contributed by atoms with E-state index in [0.29, 0.717) is 12.2 Å². The number of carbonyl (C=O) groups is 1. The SMILES string of the molecule is CCN(C)C(=O)c1csc(-c2ccccc2)n1. The molecule has 4 heteroatoms. The highest BCUT2D eigenvalue weighted by molar-refractivity contribution is 7.13. The van der Waals surface area contributed by atoms with E-state index in [-0.39, 0.29) is 5.91 Å². The summed E-state index contributed by atoms with van der Waals surface area (Å²) >= 11 is 1.50. The minimum absolute atomic E-state index is 0.0223. The highest BCUT2D eigenvalue weighted by Gasteiger charge is 2.14. The van der Waals surface area contributed by atoms with Crippen LogP contribution in [0, 0.1) is 0 Å². The minimum atomic E-state index is -0.0223.